The average Bonchev–Trinajstić information content (AvgIpc) is 3.52. The summed E-state index contributed by atoms with van der Waals surface area (Å²) < 4.78 is 1.76. The average molecular weight is 501 g/mol. The van der Waals surface area contributed by atoms with Crippen molar-refractivity contribution in [3.05, 3.63) is 87.8 Å². The lowest BCUT2D eigenvalue weighted by molar-refractivity contribution is 0.102. The Bertz CT molecular complexity index is 1310. The fourth-order valence-electron chi connectivity index (χ4n) is 4.83. The molecule has 1 amide bonds. The summed E-state index contributed by atoms with van der Waals surface area (Å²) in [5.41, 5.74) is 4.36. The quantitative estimate of drug-likeness (QED) is 0.350. The van der Waals surface area contributed by atoms with E-state index in [2.05, 4.69) is 50.6 Å². The number of rotatable bonds is 8. The van der Waals surface area contributed by atoms with Crippen LogP contribution in [0, 0.1) is 13.8 Å². The van der Waals surface area contributed by atoms with Crippen molar-refractivity contribution < 1.29 is 4.79 Å². The van der Waals surface area contributed by atoms with Gasteiger partial charge in [-0.2, -0.15) is 5.10 Å². The summed E-state index contributed by atoms with van der Waals surface area (Å²) in [4.78, 5) is 24.8. The molecule has 1 N–H and O–H groups in total. The lowest BCUT2D eigenvalue weighted by Crippen LogP contribution is -2.33. The first-order valence-corrected chi connectivity index (χ1v) is 13.5. The number of carbonyl (C=O) groups is 1. The number of hydrogen-bond acceptors (Lipinski definition) is 6. The van der Waals surface area contributed by atoms with Gasteiger partial charge in [-0.05, 0) is 82.9 Å². The number of likely N-dealkylation sites (tertiary alicyclic amines) is 1. The lowest BCUT2D eigenvalue weighted by Gasteiger charge is -2.31. The molecule has 186 valence electrons. The highest BCUT2D eigenvalue weighted by molar-refractivity contribution is 7.10. The van der Waals surface area contributed by atoms with Crippen molar-refractivity contribution in [1.82, 2.24) is 24.6 Å². The third-order valence-corrected chi connectivity index (χ3v) is 7.73. The molecule has 0 atom stereocenters. The van der Waals surface area contributed by atoms with Gasteiger partial charge in [0.15, 0.2) is 5.82 Å². The number of anilines is 1. The van der Waals surface area contributed by atoms with E-state index < -0.39 is 0 Å². The molecule has 0 radical (unpaired) electrons. The molecule has 0 saturated carbocycles. The summed E-state index contributed by atoms with van der Waals surface area (Å²) in [7, 11) is 0. The number of benzene rings is 1. The molecule has 7 nitrogen and oxygen atoms in total. The Balaban J connectivity index is 1.16. The van der Waals surface area contributed by atoms with Crippen molar-refractivity contribution in [2.24, 2.45) is 0 Å². The van der Waals surface area contributed by atoms with Crippen LogP contribution >= 0.6 is 11.3 Å². The van der Waals surface area contributed by atoms with Gasteiger partial charge in [0.1, 0.15) is 5.69 Å². The van der Waals surface area contributed by atoms with Gasteiger partial charge in [0.25, 0.3) is 5.91 Å². The predicted molar refractivity (Wildman–Crippen MR) is 144 cm³/mol. The molecule has 5 rings (SSSR count). The summed E-state index contributed by atoms with van der Waals surface area (Å²) in [6.45, 7) is 7.22. The fraction of sp³-hybridized carbons (Fsp3) is 0.357. The van der Waals surface area contributed by atoms with Crippen molar-refractivity contribution in [2.75, 3.05) is 25.0 Å². The third kappa shape index (κ3) is 5.71. The number of carbonyl (C=O) groups excluding carboxylic acids is 1. The van der Waals surface area contributed by atoms with Gasteiger partial charge >= 0.3 is 0 Å². The molecule has 0 bridgehead atoms. The van der Waals surface area contributed by atoms with Crippen molar-refractivity contribution in [1.29, 1.82) is 0 Å². The molecule has 1 aliphatic rings. The number of aryl methyl sites for hydroxylation is 3. The number of thiazole rings is 1. The van der Waals surface area contributed by atoms with E-state index in [1.807, 2.05) is 37.4 Å². The van der Waals surface area contributed by atoms with E-state index in [-0.39, 0.29) is 5.91 Å². The van der Waals surface area contributed by atoms with Gasteiger partial charge in [0.2, 0.25) is 0 Å². The van der Waals surface area contributed by atoms with Crippen LogP contribution in [0.3, 0.4) is 0 Å². The number of amides is 1. The van der Waals surface area contributed by atoms with Gasteiger partial charge in [-0.3, -0.25) is 4.79 Å². The highest BCUT2D eigenvalue weighted by Gasteiger charge is 2.24. The fourth-order valence-corrected chi connectivity index (χ4v) is 5.80. The second-order valence-electron chi connectivity index (χ2n) is 9.44. The van der Waals surface area contributed by atoms with Crippen molar-refractivity contribution in [3.63, 3.8) is 0 Å². The minimum Gasteiger partial charge on any atom is -0.317 e. The van der Waals surface area contributed by atoms with Crippen LogP contribution in [-0.2, 0) is 6.42 Å². The van der Waals surface area contributed by atoms with Crippen LogP contribution in [0.25, 0.3) is 5.82 Å². The van der Waals surface area contributed by atoms with Crippen LogP contribution in [0.1, 0.15) is 57.6 Å². The SMILES string of the molecule is Cc1cc(C)n(-c2ncccc2NC(=O)c2csc(C3CCN(CCCc4ccccc4)CC3)n2)n1. The van der Waals surface area contributed by atoms with Crippen LogP contribution < -0.4 is 5.32 Å². The standard InChI is InChI=1S/C28H32N6OS/c1-20-18-21(2)34(32-20)26-24(11-6-14-29-26)30-27(35)25-19-36-28(31-25)23-12-16-33(17-13-23)15-7-10-22-8-4-3-5-9-22/h3-6,8-9,11,14,18-19,23H,7,10,12-13,15-17H2,1-2H3,(H,30,35). The summed E-state index contributed by atoms with van der Waals surface area (Å²) in [6.07, 6.45) is 6.19. The monoisotopic (exact) mass is 500 g/mol. The summed E-state index contributed by atoms with van der Waals surface area (Å²) in [5, 5.41) is 10.4. The normalized spacial score (nSPS) is 14.7. The lowest BCUT2D eigenvalue weighted by atomic mass is 9.97. The van der Waals surface area contributed by atoms with Crippen molar-refractivity contribution in [2.45, 2.75) is 45.4 Å². The molecule has 8 heteroatoms. The Morgan fingerprint density at radius 3 is 2.67 bits per heavy atom. The van der Waals surface area contributed by atoms with Crippen LogP contribution in [0.4, 0.5) is 5.69 Å². The molecular weight excluding hydrogens is 468 g/mol. The molecule has 1 aromatic carbocycles. The Kier molecular flexibility index (Phi) is 7.53. The summed E-state index contributed by atoms with van der Waals surface area (Å²) in [5.74, 6) is 0.809. The largest absolute Gasteiger partial charge is 0.317 e. The van der Waals surface area contributed by atoms with E-state index in [4.69, 9.17) is 4.98 Å². The summed E-state index contributed by atoms with van der Waals surface area (Å²) in [6, 6.07) is 16.3. The Labute approximate surface area is 216 Å². The first-order valence-electron chi connectivity index (χ1n) is 12.6. The molecule has 0 unspecified atom stereocenters. The van der Waals surface area contributed by atoms with E-state index >= 15 is 0 Å². The zero-order valence-corrected chi connectivity index (χ0v) is 21.7. The molecule has 1 fully saturated rings. The minimum absolute atomic E-state index is 0.216. The molecule has 4 aromatic rings. The van der Waals surface area contributed by atoms with E-state index in [0.717, 1.165) is 55.3 Å². The van der Waals surface area contributed by atoms with Gasteiger partial charge < -0.3 is 10.2 Å². The number of nitrogens with one attached hydrogen (secondary N) is 1. The number of piperidine rings is 1. The van der Waals surface area contributed by atoms with Gasteiger partial charge in [-0.25, -0.2) is 14.6 Å². The Hall–Kier alpha value is -3.36. The maximum absolute atomic E-state index is 13.0. The van der Waals surface area contributed by atoms with E-state index in [1.165, 1.54) is 12.0 Å². The second-order valence-corrected chi connectivity index (χ2v) is 10.3. The van der Waals surface area contributed by atoms with Crippen LogP contribution in [0.5, 0.6) is 0 Å². The van der Waals surface area contributed by atoms with Gasteiger partial charge in [0, 0.05) is 23.2 Å². The molecule has 0 aliphatic carbocycles. The van der Waals surface area contributed by atoms with E-state index in [9.17, 15) is 4.79 Å². The number of hydrogen-bond donors (Lipinski definition) is 1. The minimum atomic E-state index is -0.216. The molecular formula is C28H32N6OS. The molecule has 0 spiro atoms. The predicted octanol–water partition coefficient (Wildman–Crippen LogP) is 5.41. The van der Waals surface area contributed by atoms with Gasteiger partial charge in [-0.15, -0.1) is 11.3 Å². The van der Waals surface area contributed by atoms with Crippen molar-refractivity contribution in [3.8, 4) is 5.82 Å². The zero-order chi connectivity index (χ0) is 24.9. The zero-order valence-electron chi connectivity index (χ0n) is 20.9. The van der Waals surface area contributed by atoms with Crippen LogP contribution in [-0.4, -0.2) is 50.2 Å². The first kappa shape index (κ1) is 24.3. The molecule has 1 saturated heterocycles. The van der Waals surface area contributed by atoms with Crippen LogP contribution in [0.15, 0.2) is 60.1 Å². The smallest absolute Gasteiger partial charge is 0.275 e. The van der Waals surface area contributed by atoms with Crippen LogP contribution in [0.2, 0.25) is 0 Å². The highest BCUT2D eigenvalue weighted by atomic mass is 32.1. The number of aromatic nitrogens is 4. The second kappa shape index (κ2) is 11.1. The first-order chi connectivity index (χ1) is 17.6. The third-order valence-electron chi connectivity index (χ3n) is 6.72. The topological polar surface area (TPSA) is 75.9 Å². The Morgan fingerprint density at radius 2 is 1.92 bits per heavy atom. The molecule has 3 aromatic heterocycles. The molecule has 1 aliphatic heterocycles. The molecule has 36 heavy (non-hydrogen) atoms. The maximum Gasteiger partial charge on any atom is 0.275 e. The highest BCUT2D eigenvalue weighted by Crippen LogP contribution is 2.31. The summed E-state index contributed by atoms with van der Waals surface area (Å²) >= 11 is 1.59. The van der Waals surface area contributed by atoms with E-state index in [1.54, 1.807) is 22.2 Å². The number of nitrogens with zero attached hydrogens (tertiary/aromatic N) is 5. The number of pyridine rings is 1. The van der Waals surface area contributed by atoms with Gasteiger partial charge in [-0.1, -0.05) is 30.3 Å². The van der Waals surface area contributed by atoms with Crippen molar-refractivity contribution >= 4 is 22.9 Å². The Morgan fingerprint density at radius 1 is 1.11 bits per heavy atom. The van der Waals surface area contributed by atoms with E-state index in [0.29, 0.717) is 23.1 Å². The molecule has 4 heterocycles. The van der Waals surface area contributed by atoms with Gasteiger partial charge in [0.05, 0.1) is 16.4 Å². The maximum atomic E-state index is 13.0.